The lowest BCUT2D eigenvalue weighted by Crippen LogP contribution is -2.37. The van der Waals surface area contributed by atoms with Crippen molar-refractivity contribution in [2.75, 3.05) is 27.2 Å². The first-order chi connectivity index (χ1) is 11.0. The van der Waals surface area contributed by atoms with E-state index in [0.717, 1.165) is 18.4 Å². The number of amides is 1. The number of likely N-dealkylation sites (N-methyl/N-ethyl adjacent to an activating group) is 1. The number of halogens is 1. The highest BCUT2D eigenvalue weighted by molar-refractivity contribution is 6.30. The number of hydrogen-bond donors (Lipinski definition) is 0. The molecule has 0 saturated carbocycles. The lowest BCUT2D eigenvalue weighted by atomic mass is 10.1. The van der Waals surface area contributed by atoms with Gasteiger partial charge in [-0.05, 0) is 37.6 Å². The highest BCUT2D eigenvalue weighted by Gasteiger charge is 2.25. The van der Waals surface area contributed by atoms with Gasteiger partial charge in [-0.15, -0.1) is 0 Å². The summed E-state index contributed by atoms with van der Waals surface area (Å²) in [7, 11) is 3.29. The SMILES string of the molecule is COC(=O)CN(C)C1CCC(=O)N(Cc2ccc(Cl)cc2)CC1. The molecule has 6 heteroatoms. The Morgan fingerprint density at radius 1 is 1.35 bits per heavy atom. The molecule has 1 aliphatic rings. The van der Waals surface area contributed by atoms with Crippen LogP contribution in [0.5, 0.6) is 0 Å². The van der Waals surface area contributed by atoms with Crippen molar-refractivity contribution < 1.29 is 14.3 Å². The van der Waals surface area contributed by atoms with E-state index in [9.17, 15) is 9.59 Å². The molecule has 1 unspecified atom stereocenters. The fraction of sp³-hybridized carbons (Fsp3) is 0.529. The topological polar surface area (TPSA) is 49.9 Å². The molecule has 1 aromatic carbocycles. The van der Waals surface area contributed by atoms with Crippen LogP contribution in [0, 0.1) is 0 Å². The molecule has 1 saturated heterocycles. The highest BCUT2D eigenvalue weighted by Crippen LogP contribution is 2.19. The maximum atomic E-state index is 12.3. The Hall–Kier alpha value is -1.59. The molecule has 0 radical (unpaired) electrons. The Labute approximate surface area is 142 Å². The van der Waals surface area contributed by atoms with Gasteiger partial charge in [-0.25, -0.2) is 0 Å². The van der Waals surface area contributed by atoms with Gasteiger partial charge in [0.15, 0.2) is 0 Å². The highest BCUT2D eigenvalue weighted by atomic mass is 35.5. The standard InChI is InChI=1S/C17H23ClN2O3/c1-19(12-17(22)23-2)15-7-8-16(21)20(10-9-15)11-13-3-5-14(18)6-4-13/h3-6,15H,7-12H2,1-2H3. The van der Waals surface area contributed by atoms with Crippen LogP contribution in [-0.4, -0.2) is 55.0 Å². The number of esters is 1. The Kier molecular flexibility index (Phi) is 6.42. The van der Waals surface area contributed by atoms with Crippen LogP contribution < -0.4 is 0 Å². The predicted molar refractivity (Wildman–Crippen MR) is 89.2 cm³/mol. The average molecular weight is 339 g/mol. The lowest BCUT2D eigenvalue weighted by Gasteiger charge is -2.26. The van der Waals surface area contributed by atoms with Crippen LogP contribution in [0.2, 0.25) is 5.02 Å². The third kappa shape index (κ3) is 5.22. The largest absolute Gasteiger partial charge is 0.468 e. The third-order valence-corrected chi connectivity index (χ3v) is 4.54. The van der Waals surface area contributed by atoms with E-state index in [4.69, 9.17) is 16.3 Å². The molecular weight excluding hydrogens is 316 g/mol. The Bertz CT molecular complexity index is 547. The average Bonchev–Trinajstić information content (AvgIpc) is 2.72. The smallest absolute Gasteiger partial charge is 0.319 e. The van der Waals surface area contributed by atoms with E-state index in [-0.39, 0.29) is 24.5 Å². The molecule has 5 nitrogen and oxygen atoms in total. The van der Waals surface area contributed by atoms with Crippen LogP contribution in [0.1, 0.15) is 24.8 Å². The second-order valence-corrected chi connectivity index (χ2v) is 6.35. The van der Waals surface area contributed by atoms with Gasteiger partial charge in [0.1, 0.15) is 0 Å². The summed E-state index contributed by atoms with van der Waals surface area (Å²) in [5, 5.41) is 0.695. The Morgan fingerprint density at radius 3 is 2.70 bits per heavy atom. The van der Waals surface area contributed by atoms with Crippen LogP contribution in [0.4, 0.5) is 0 Å². The number of benzene rings is 1. The normalized spacial score (nSPS) is 18.9. The van der Waals surface area contributed by atoms with Crippen LogP contribution in [0.25, 0.3) is 0 Å². The summed E-state index contributed by atoms with van der Waals surface area (Å²) in [5.41, 5.74) is 1.07. The van der Waals surface area contributed by atoms with Crippen molar-refractivity contribution in [1.29, 1.82) is 0 Å². The molecule has 126 valence electrons. The van der Waals surface area contributed by atoms with Gasteiger partial charge in [0.05, 0.1) is 13.7 Å². The molecule has 23 heavy (non-hydrogen) atoms. The van der Waals surface area contributed by atoms with Crippen molar-refractivity contribution in [3.63, 3.8) is 0 Å². The molecule has 0 aromatic heterocycles. The quantitative estimate of drug-likeness (QED) is 0.773. The molecule has 1 heterocycles. The third-order valence-electron chi connectivity index (χ3n) is 4.29. The van der Waals surface area contributed by atoms with Crippen LogP contribution in [0.15, 0.2) is 24.3 Å². The maximum Gasteiger partial charge on any atom is 0.319 e. The maximum absolute atomic E-state index is 12.3. The number of likely N-dealkylation sites (tertiary alicyclic amines) is 1. The van der Waals surface area contributed by atoms with Crippen LogP contribution in [0.3, 0.4) is 0 Å². The fourth-order valence-electron chi connectivity index (χ4n) is 2.84. The number of methoxy groups -OCH3 is 1. The van der Waals surface area contributed by atoms with Crippen molar-refractivity contribution in [2.45, 2.75) is 31.8 Å². The molecule has 1 atom stereocenters. The molecule has 0 bridgehead atoms. The monoisotopic (exact) mass is 338 g/mol. The van der Waals surface area contributed by atoms with Gasteiger partial charge in [0.25, 0.3) is 0 Å². The van der Waals surface area contributed by atoms with E-state index in [1.807, 2.05) is 41.1 Å². The first-order valence-electron chi connectivity index (χ1n) is 7.79. The van der Waals surface area contributed by atoms with Crippen LogP contribution >= 0.6 is 11.6 Å². The van der Waals surface area contributed by atoms with Crippen molar-refractivity contribution in [3.8, 4) is 0 Å². The second-order valence-electron chi connectivity index (χ2n) is 5.91. The lowest BCUT2D eigenvalue weighted by molar-refractivity contribution is -0.142. The zero-order valence-electron chi connectivity index (χ0n) is 13.6. The van der Waals surface area contributed by atoms with E-state index in [1.165, 1.54) is 7.11 Å². The zero-order valence-corrected chi connectivity index (χ0v) is 14.4. The molecule has 1 aromatic rings. The number of hydrogen-bond acceptors (Lipinski definition) is 4. The molecule has 1 aliphatic heterocycles. The number of ether oxygens (including phenoxy) is 1. The molecule has 1 amide bonds. The van der Waals surface area contributed by atoms with Crippen LogP contribution in [-0.2, 0) is 20.9 Å². The number of rotatable bonds is 5. The van der Waals surface area contributed by atoms with Crippen molar-refractivity contribution >= 4 is 23.5 Å². The van der Waals surface area contributed by atoms with Crippen molar-refractivity contribution in [1.82, 2.24) is 9.80 Å². The summed E-state index contributed by atoms with van der Waals surface area (Å²) in [6.07, 6.45) is 2.13. The predicted octanol–water partition coefficient (Wildman–Crippen LogP) is 2.33. The minimum atomic E-state index is -0.249. The van der Waals surface area contributed by atoms with Gasteiger partial charge in [0.2, 0.25) is 5.91 Å². The summed E-state index contributed by atoms with van der Waals surface area (Å²) in [6.45, 7) is 1.55. The number of carbonyl (C=O) groups excluding carboxylic acids is 2. The zero-order chi connectivity index (χ0) is 16.8. The minimum Gasteiger partial charge on any atom is -0.468 e. The number of carbonyl (C=O) groups is 2. The van der Waals surface area contributed by atoms with Gasteiger partial charge >= 0.3 is 5.97 Å². The molecule has 2 rings (SSSR count). The molecule has 0 spiro atoms. The van der Waals surface area contributed by atoms with Crippen molar-refractivity contribution in [2.24, 2.45) is 0 Å². The molecule has 0 N–H and O–H groups in total. The van der Waals surface area contributed by atoms with E-state index < -0.39 is 0 Å². The van der Waals surface area contributed by atoms with Gasteiger partial charge < -0.3 is 9.64 Å². The molecular formula is C17H23ClN2O3. The first-order valence-corrected chi connectivity index (χ1v) is 8.16. The van der Waals surface area contributed by atoms with Gasteiger partial charge in [0, 0.05) is 30.6 Å². The first kappa shape index (κ1) is 17.8. The van der Waals surface area contributed by atoms with E-state index >= 15 is 0 Å². The summed E-state index contributed by atoms with van der Waals surface area (Å²) in [4.78, 5) is 27.6. The minimum absolute atomic E-state index is 0.161. The number of nitrogens with zero attached hydrogens (tertiary/aromatic N) is 2. The summed E-state index contributed by atoms with van der Waals surface area (Å²) < 4.78 is 4.71. The van der Waals surface area contributed by atoms with E-state index in [2.05, 4.69) is 0 Å². The summed E-state index contributed by atoms with van der Waals surface area (Å²) in [5.74, 6) is -0.0880. The second kappa shape index (κ2) is 8.31. The van der Waals surface area contributed by atoms with Gasteiger partial charge in [-0.3, -0.25) is 14.5 Å². The Balaban J connectivity index is 1.93. The van der Waals surface area contributed by atoms with Gasteiger partial charge in [-0.1, -0.05) is 23.7 Å². The summed E-state index contributed by atoms with van der Waals surface area (Å²) in [6, 6.07) is 7.79. The van der Waals surface area contributed by atoms with E-state index in [1.54, 1.807) is 0 Å². The molecule has 0 aliphatic carbocycles. The Morgan fingerprint density at radius 2 is 2.04 bits per heavy atom. The molecule has 1 fully saturated rings. The van der Waals surface area contributed by atoms with E-state index in [0.29, 0.717) is 24.5 Å². The van der Waals surface area contributed by atoms with Gasteiger partial charge in [-0.2, -0.15) is 0 Å². The fourth-order valence-corrected chi connectivity index (χ4v) is 2.96. The van der Waals surface area contributed by atoms with Crippen molar-refractivity contribution in [3.05, 3.63) is 34.9 Å². The summed E-state index contributed by atoms with van der Waals surface area (Å²) >= 11 is 5.89.